The number of nitrogens with one attached hydrogen (secondary N) is 1. The number of hydrogen-bond acceptors (Lipinski definition) is 3. The molecule has 0 aromatic carbocycles. The van der Waals surface area contributed by atoms with Gasteiger partial charge in [0.2, 0.25) is 5.91 Å². The fourth-order valence-corrected chi connectivity index (χ4v) is 2.80. The summed E-state index contributed by atoms with van der Waals surface area (Å²) in [6, 6.07) is 4.47. The fourth-order valence-electron chi connectivity index (χ4n) is 2.80. The average Bonchev–Trinajstić information content (AvgIpc) is 3.03. The standard InChI is InChI=1S/C17H27N3O/c1-2-3-13-20(14-16-5-4-10-19-16)17(21)7-6-15-8-11-18-12-9-15/h8-9,11-12,16,19H,2-7,10,13-14H2,1H3. The topological polar surface area (TPSA) is 45.2 Å². The van der Waals surface area contributed by atoms with E-state index in [9.17, 15) is 4.79 Å². The van der Waals surface area contributed by atoms with Gasteiger partial charge in [-0.05, 0) is 49.9 Å². The molecule has 0 bridgehead atoms. The number of amides is 1. The van der Waals surface area contributed by atoms with Crippen LogP contribution in [0.25, 0.3) is 0 Å². The van der Waals surface area contributed by atoms with Gasteiger partial charge in [-0.25, -0.2) is 0 Å². The molecular weight excluding hydrogens is 262 g/mol. The molecular formula is C17H27N3O. The minimum atomic E-state index is 0.286. The van der Waals surface area contributed by atoms with Crippen molar-refractivity contribution in [1.82, 2.24) is 15.2 Å². The van der Waals surface area contributed by atoms with Crippen LogP contribution >= 0.6 is 0 Å². The lowest BCUT2D eigenvalue weighted by Crippen LogP contribution is -2.41. The van der Waals surface area contributed by atoms with E-state index in [1.54, 1.807) is 12.4 Å². The van der Waals surface area contributed by atoms with E-state index in [4.69, 9.17) is 0 Å². The van der Waals surface area contributed by atoms with Gasteiger partial charge in [-0.15, -0.1) is 0 Å². The Morgan fingerprint density at radius 1 is 1.43 bits per heavy atom. The number of aromatic nitrogens is 1. The minimum Gasteiger partial charge on any atom is -0.341 e. The Morgan fingerprint density at radius 2 is 2.24 bits per heavy atom. The van der Waals surface area contributed by atoms with Crippen molar-refractivity contribution in [3.05, 3.63) is 30.1 Å². The van der Waals surface area contributed by atoms with Crippen molar-refractivity contribution < 1.29 is 4.79 Å². The van der Waals surface area contributed by atoms with Gasteiger partial charge in [0.25, 0.3) is 0 Å². The summed E-state index contributed by atoms with van der Waals surface area (Å²) in [4.78, 5) is 18.6. The van der Waals surface area contributed by atoms with Crippen molar-refractivity contribution in [2.24, 2.45) is 0 Å². The number of aryl methyl sites for hydroxylation is 1. The van der Waals surface area contributed by atoms with Gasteiger partial charge in [-0.1, -0.05) is 13.3 Å². The lowest BCUT2D eigenvalue weighted by atomic mass is 10.1. The van der Waals surface area contributed by atoms with E-state index in [1.165, 1.54) is 18.4 Å². The number of carbonyl (C=O) groups is 1. The maximum Gasteiger partial charge on any atom is 0.222 e. The SMILES string of the molecule is CCCCN(CC1CCCN1)C(=O)CCc1ccncc1. The van der Waals surface area contributed by atoms with Crippen LogP contribution < -0.4 is 5.32 Å². The molecule has 4 nitrogen and oxygen atoms in total. The first-order valence-corrected chi connectivity index (χ1v) is 8.19. The molecule has 1 aromatic rings. The van der Waals surface area contributed by atoms with E-state index in [0.29, 0.717) is 12.5 Å². The lowest BCUT2D eigenvalue weighted by molar-refractivity contribution is -0.131. The molecule has 1 aromatic heterocycles. The van der Waals surface area contributed by atoms with Crippen molar-refractivity contribution in [1.29, 1.82) is 0 Å². The van der Waals surface area contributed by atoms with E-state index in [1.807, 2.05) is 12.1 Å². The van der Waals surface area contributed by atoms with Crippen LogP contribution in [0.1, 0.15) is 44.6 Å². The molecule has 0 spiro atoms. The van der Waals surface area contributed by atoms with Crippen LogP contribution in [0.3, 0.4) is 0 Å². The number of unbranched alkanes of at least 4 members (excludes halogenated alkanes) is 1. The first-order chi connectivity index (χ1) is 10.3. The molecule has 1 saturated heterocycles. The van der Waals surface area contributed by atoms with Gasteiger partial charge >= 0.3 is 0 Å². The summed E-state index contributed by atoms with van der Waals surface area (Å²) in [5.41, 5.74) is 1.19. The Kier molecular flexibility index (Phi) is 6.67. The van der Waals surface area contributed by atoms with E-state index >= 15 is 0 Å². The van der Waals surface area contributed by atoms with E-state index in [-0.39, 0.29) is 5.91 Å². The third kappa shape index (κ3) is 5.46. The van der Waals surface area contributed by atoms with E-state index in [0.717, 1.165) is 38.9 Å². The van der Waals surface area contributed by atoms with Crippen LogP contribution in [0, 0.1) is 0 Å². The van der Waals surface area contributed by atoms with Gasteiger partial charge in [0.15, 0.2) is 0 Å². The third-order valence-corrected chi connectivity index (χ3v) is 4.11. The lowest BCUT2D eigenvalue weighted by Gasteiger charge is -2.26. The number of hydrogen-bond donors (Lipinski definition) is 1. The van der Waals surface area contributed by atoms with Gasteiger partial charge in [0.1, 0.15) is 0 Å². The Hall–Kier alpha value is -1.42. The van der Waals surface area contributed by atoms with Crippen molar-refractivity contribution in [3.8, 4) is 0 Å². The Balaban J connectivity index is 1.83. The second kappa shape index (κ2) is 8.78. The Labute approximate surface area is 127 Å². The molecule has 21 heavy (non-hydrogen) atoms. The largest absolute Gasteiger partial charge is 0.341 e. The van der Waals surface area contributed by atoms with E-state index < -0.39 is 0 Å². The zero-order valence-electron chi connectivity index (χ0n) is 13.1. The average molecular weight is 289 g/mol. The highest BCUT2D eigenvalue weighted by Gasteiger charge is 2.20. The molecule has 2 rings (SSSR count). The summed E-state index contributed by atoms with van der Waals surface area (Å²) < 4.78 is 0. The minimum absolute atomic E-state index is 0.286. The van der Waals surface area contributed by atoms with Crippen LogP contribution in [0.15, 0.2) is 24.5 Å². The molecule has 1 unspecified atom stereocenters. The predicted octanol–water partition coefficient (Wildman–Crippen LogP) is 2.39. The summed E-state index contributed by atoms with van der Waals surface area (Å²) in [5, 5.41) is 3.49. The second-order valence-corrected chi connectivity index (χ2v) is 5.84. The molecule has 116 valence electrons. The quantitative estimate of drug-likeness (QED) is 0.799. The van der Waals surface area contributed by atoms with Gasteiger partial charge in [-0.2, -0.15) is 0 Å². The summed E-state index contributed by atoms with van der Waals surface area (Å²) in [6.07, 6.45) is 9.63. The molecule has 1 atom stereocenters. The molecule has 1 aliphatic heterocycles. The molecule has 0 saturated carbocycles. The maximum absolute atomic E-state index is 12.5. The van der Waals surface area contributed by atoms with Crippen LogP contribution in [-0.4, -0.2) is 41.5 Å². The molecule has 0 radical (unpaired) electrons. The zero-order chi connectivity index (χ0) is 14.9. The molecule has 0 aliphatic carbocycles. The highest BCUT2D eigenvalue weighted by molar-refractivity contribution is 5.76. The smallest absolute Gasteiger partial charge is 0.222 e. The van der Waals surface area contributed by atoms with Crippen molar-refractivity contribution in [3.63, 3.8) is 0 Å². The molecule has 4 heteroatoms. The number of carbonyl (C=O) groups excluding carboxylic acids is 1. The van der Waals surface area contributed by atoms with Crippen LogP contribution in [0.4, 0.5) is 0 Å². The normalized spacial score (nSPS) is 17.9. The van der Waals surface area contributed by atoms with Crippen molar-refractivity contribution in [2.75, 3.05) is 19.6 Å². The van der Waals surface area contributed by atoms with E-state index in [2.05, 4.69) is 22.1 Å². The molecule has 1 aliphatic rings. The van der Waals surface area contributed by atoms with Crippen LogP contribution in [-0.2, 0) is 11.2 Å². The van der Waals surface area contributed by atoms with Gasteiger partial charge in [0.05, 0.1) is 0 Å². The molecule has 1 N–H and O–H groups in total. The summed E-state index contributed by atoms with van der Waals surface area (Å²) >= 11 is 0. The fraction of sp³-hybridized carbons (Fsp3) is 0.647. The first-order valence-electron chi connectivity index (χ1n) is 8.19. The third-order valence-electron chi connectivity index (χ3n) is 4.11. The molecule has 1 amide bonds. The zero-order valence-corrected chi connectivity index (χ0v) is 13.1. The van der Waals surface area contributed by atoms with Gasteiger partial charge in [-0.3, -0.25) is 9.78 Å². The highest BCUT2D eigenvalue weighted by Crippen LogP contribution is 2.10. The number of rotatable bonds is 8. The summed E-state index contributed by atoms with van der Waals surface area (Å²) in [5.74, 6) is 0.286. The monoisotopic (exact) mass is 289 g/mol. The van der Waals surface area contributed by atoms with Gasteiger partial charge in [0, 0.05) is 37.9 Å². The maximum atomic E-state index is 12.5. The first kappa shape index (κ1) is 16.0. The number of nitrogens with zero attached hydrogens (tertiary/aromatic N) is 2. The summed E-state index contributed by atoms with van der Waals surface area (Å²) in [6.45, 7) is 5.03. The Morgan fingerprint density at radius 3 is 2.90 bits per heavy atom. The Bertz CT molecular complexity index is 415. The molecule has 2 heterocycles. The summed E-state index contributed by atoms with van der Waals surface area (Å²) in [7, 11) is 0. The van der Waals surface area contributed by atoms with Gasteiger partial charge < -0.3 is 10.2 Å². The van der Waals surface area contributed by atoms with Crippen LogP contribution in [0.5, 0.6) is 0 Å². The molecule has 1 fully saturated rings. The van der Waals surface area contributed by atoms with Crippen molar-refractivity contribution >= 4 is 5.91 Å². The predicted molar refractivity (Wildman–Crippen MR) is 85.1 cm³/mol. The van der Waals surface area contributed by atoms with Crippen molar-refractivity contribution in [2.45, 2.75) is 51.5 Å². The second-order valence-electron chi connectivity index (χ2n) is 5.84. The van der Waals surface area contributed by atoms with Crippen LogP contribution in [0.2, 0.25) is 0 Å². The highest BCUT2D eigenvalue weighted by atomic mass is 16.2. The number of pyridine rings is 1.